The first kappa shape index (κ1) is 19.7. The summed E-state index contributed by atoms with van der Waals surface area (Å²) in [5, 5.41) is 0. The van der Waals surface area contributed by atoms with Crippen molar-refractivity contribution in [3.63, 3.8) is 0 Å². The van der Waals surface area contributed by atoms with Crippen LogP contribution >= 0.6 is 0 Å². The van der Waals surface area contributed by atoms with E-state index in [0.29, 0.717) is 6.61 Å². The SMILES string of the molecule is COc1cccc(CCCN2CCN(C)CC2)c1OCc1cccc(C)c1. The average Bonchev–Trinajstić information content (AvgIpc) is 2.68. The van der Waals surface area contributed by atoms with Crippen molar-refractivity contribution in [1.82, 2.24) is 9.80 Å². The molecule has 2 aromatic carbocycles. The Bertz CT molecular complexity index is 724. The van der Waals surface area contributed by atoms with Gasteiger partial charge in [0.2, 0.25) is 0 Å². The van der Waals surface area contributed by atoms with Gasteiger partial charge in [0.25, 0.3) is 0 Å². The van der Waals surface area contributed by atoms with Crippen LogP contribution in [0.15, 0.2) is 42.5 Å². The molecule has 4 heteroatoms. The lowest BCUT2D eigenvalue weighted by atomic mass is 10.1. The quantitative estimate of drug-likeness (QED) is 0.708. The highest BCUT2D eigenvalue weighted by molar-refractivity contribution is 5.47. The van der Waals surface area contributed by atoms with Crippen LogP contribution < -0.4 is 9.47 Å². The minimum atomic E-state index is 0.563. The first-order valence-electron chi connectivity index (χ1n) is 9.91. The maximum atomic E-state index is 6.21. The molecule has 1 aliphatic rings. The number of piperazine rings is 1. The van der Waals surface area contributed by atoms with Gasteiger partial charge in [0, 0.05) is 26.2 Å². The lowest BCUT2D eigenvalue weighted by Gasteiger charge is -2.32. The van der Waals surface area contributed by atoms with Crippen LogP contribution in [0.2, 0.25) is 0 Å². The minimum Gasteiger partial charge on any atom is -0.493 e. The van der Waals surface area contributed by atoms with Gasteiger partial charge < -0.3 is 19.3 Å². The molecule has 0 aromatic heterocycles. The summed E-state index contributed by atoms with van der Waals surface area (Å²) < 4.78 is 11.8. The molecule has 0 atom stereocenters. The molecule has 0 N–H and O–H groups in total. The van der Waals surface area contributed by atoms with E-state index in [4.69, 9.17) is 9.47 Å². The summed E-state index contributed by atoms with van der Waals surface area (Å²) in [6, 6.07) is 14.7. The first-order chi connectivity index (χ1) is 13.2. The van der Waals surface area contributed by atoms with Crippen molar-refractivity contribution in [2.24, 2.45) is 0 Å². The highest BCUT2D eigenvalue weighted by atomic mass is 16.5. The Hall–Kier alpha value is -2.04. The molecule has 4 nitrogen and oxygen atoms in total. The second kappa shape index (κ2) is 9.77. The predicted octanol–water partition coefficient (Wildman–Crippen LogP) is 3.76. The van der Waals surface area contributed by atoms with Crippen LogP contribution in [0.5, 0.6) is 11.5 Å². The molecular weight excluding hydrogens is 336 g/mol. The van der Waals surface area contributed by atoms with Crippen LogP contribution in [-0.2, 0) is 13.0 Å². The van der Waals surface area contributed by atoms with Crippen molar-refractivity contribution in [2.75, 3.05) is 46.9 Å². The van der Waals surface area contributed by atoms with Gasteiger partial charge in [-0.25, -0.2) is 0 Å². The molecule has 1 saturated heterocycles. The van der Waals surface area contributed by atoms with Crippen molar-refractivity contribution >= 4 is 0 Å². The van der Waals surface area contributed by atoms with Gasteiger partial charge in [-0.05, 0) is 50.6 Å². The predicted molar refractivity (Wildman–Crippen MR) is 111 cm³/mol. The third-order valence-electron chi connectivity index (χ3n) is 5.26. The zero-order chi connectivity index (χ0) is 19.1. The smallest absolute Gasteiger partial charge is 0.164 e. The Kier molecular flexibility index (Phi) is 7.13. The lowest BCUT2D eigenvalue weighted by molar-refractivity contribution is 0.153. The zero-order valence-corrected chi connectivity index (χ0v) is 16.9. The fourth-order valence-corrected chi connectivity index (χ4v) is 3.60. The largest absolute Gasteiger partial charge is 0.493 e. The molecule has 0 spiro atoms. The summed E-state index contributed by atoms with van der Waals surface area (Å²) in [6.45, 7) is 8.50. The fourth-order valence-electron chi connectivity index (χ4n) is 3.60. The van der Waals surface area contributed by atoms with Crippen LogP contribution in [-0.4, -0.2) is 56.7 Å². The average molecular weight is 369 g/mol. The van der Waals surface area contributed by atoms with E-state index in [9.17, 15) is 0 Å². The first-order valence-corrected chi connectivity index (χ1v) is 9.91. The molecule has 0 radical (unpaired) electrons. The molecule has 1 fully saturated rings. The number of rotatable bonds is 8. The second-order valence-corrected chi connectivity index (χ2v) is 7.47. The number of benzene rings is 2. The van der Waals surface area contributed by atoms with Crippen LogP contribution in [0.1, 0.15) is 23.1 Å². The Balaban J connectivity index is 1.60. The van der Waals surface area contributed by atoms with Gasteiger partial charge >= 0.3 is 0 Å². The summed E-state index contributed by atoms with van der Waals surface area (Å²) >= 11 is 0. The molecule has 0 aliphatic carbocycles. The fraction of sp³-hybridized carbons (Fsp3) is 0.478. The summed E-state index contributed by atoms with van der Waals surface area (Å²) in [6.07, 6.45) is 2.14. The number of hydrogen-bond acceptors (Lipinski definition) is 4. The van der Waals surface area contributed by atoms with Crippen LogP contribution in [0, 0.1) is 6.92 Å². The van der Waals surface area contributed by atoms with E-state index in [-0.39, 0.29) is 0 Å². The molecule has 0 unspecified atom stereocenters. The van der Waals surface area contributed by atoms with Gasteiger partial charge in [-0.2, -0.15) is 0 Å². The summed E-state index contributed by atoms with van der Waals surface area (Å²) in [7, 11) is 3.91. The highest BCUT2D eigenvalue weighted by Crippen LogP contribution is 2.32. The molecule has 3 rings (SSSR count). The van der Waals surface area contributed by atoms with Gasteiger partial charge in [-0.3, -0.25) is 0 Å². The minimum absolute atomic E-state index is 0.563. The number of methoxy groups -OCH3 is 1. The van der Waals surface area contributed by atoms with Gasteiger partial charge in [-0.1, -0.05) is 42.0 Å². The Labute approximate surface area is 163 Å². The zero-order valence-electron chi connectivity index (χ0n) is 16.9. The van der Waals surface area contributed by atoms with Gasteiger partial charge in [0.15, 0.2) is 11.5 Å². The summed E-state index contributed by atoms with van der Waals surface area (Å²) in [5.41, 5.74) is 3.67. The maximum absolute atomic E-state index is 6.21. The van der Waals surface area contributed by atoms with Crippen molar-refractivity contribution in [2.45, 2.75) is 26.4 Å². The Morgan fingerprint density at radius 1 is 1.00 bits per heavy atom. The summed E-state index contributed by atoms with van der Waals surface area (Å²) in [4.78, 5) is 4.96. The van der Waals surface area contributed by atoms with E-state index in [1.54, 1.807) is 7.11 Å². The number of hydrogen-bond donors (Lipinski definition) is 0. The van der Waals surface area contributed by atoms with Crippen molar-refractivity contribution in [3.05, 3.63) is 59.2 Å². The van der Waals surface area contributed by atoms with Gasteiger partial charge in [-0.15, -0.1) is 0 Å². The van der Waals surface area contributed by atoms with E-state index in [1.807, 2.05) is 6.07 Å². The maximum Gasteiger partial charge on any atom is 0.164 e. The van der Waals surface area contributed by atoms with Crippen molar-refractivity contribution in [3.8, 4) is 11.5 Å². The standard InChI is InChI=1S/C23H32N2O2/c1-19-7-4-8-20(17-19)18-27-23-21(9-5-11-22(23)26-3)10-6-12-25-15-13-24(2)14-16-25/h4-5,7-9,11,17H,6,10,12-16,18H2,1-3H3. The number of para-hydroxylation sites is 1. The topological polar surface area (TPSA) is 24.9 Å². The third-order valence-corrected chi connectivity index (χ3v) is 5.26. The van der Waals surface area contributed by atoms with E-state index in [2.05, 4.69) is 60.2 Å². The van der Waals surface area contributed by atoms with Crippen molar-refractivity contribution in [1.29, 1.82) is 0 Å². The highest BCUT2D eigenvalue weighted by Gasteiger charge is 2.15. The molecule has 0 saturated carbocycles. The van der Waals surface area contributed by atoms with Crippen LogP contribution in [0.4, 0.5) is 0 Å². The van der Waals surface area contributed by atoms with E-state index in [0.717, 1.165) is 30.9 Å². The van der Waals surface area contributed by atoms with Crippen LogP contribution in [0.25, 0.3) is 0 Å². The molecule has 146 valence electrons. The van der Waals surface area contributed by atoms with Gasteiger partial charge in [0.05, 0.1) is 7.11 Å². The number of aryl methyl sites for hydroxylation is 2. The molecule has 0 bridgehead atoms. The molecule has 27 heavy (non-hydrogen) atoms. The molecule has 2 aromatic rings. The number of ether oxygens (including phenoxy) is 2. The molecular formula is C23H32N2O2. The third kappa shape index (κ3) is 5.72. The molecule has 1 aliphatic heterocycles. The summed E-state index contributed by atoms with van der Waals surface area (Å²) in [5.74, 6) is 1.71. The number of likely N-dealkylation sites (N-methyl/N-ethyl adjacent to an activating group) is 1. The second-order valence-electron chi connectivity index (χ2n) is 7.47. The number of nitrogens with zero attached hydrogens (tertiary/aromatic N) is 2. The van der Waals surface area contributed by atoms with E-state index >= 15 is 0 Å². The van der Waals surface area contributed by atoms with E-state index in [1.165, 1.54) is 42.9 Å². The Morgan fingerprint density at radius 2 is 1.78 bits per heavy atom. The Morgan fingerprint density at radius 3 is 2.52 bits per heavy atom. The monoisotopic (exact) mass is 368 g/mol. The molecule has 0 amide bonds. The van der Waals surface area contributed by atoms with Crippen molar-refractivity contribution < 1.29 is 9.47 Å². The molecule has 1 heterocycles. The lowest BCUT2D eigenvalue weighted by Crippen LogP contribution is -2.44. The normalized spacial score (nSPS) is 15.7. The van der Waals surface area contributed by atoms with E-state index < -0.39 is 0 Å². The van der Waals surface area contributed by atoms with Crippen LogP contribution in [0.3, 0.4) is 0 Å². The van der Waals surface area contributed by atoms with Gasteiger partial charge in [0.1, 0.15) is 6.61 Å².